The van der Waals surface area contributed by atoms with Crippen LogP contribution in [0.25, 0.3) is 11.0 Å². The number of nitrogens with zero attached hydrogens (tertiary/aromatic N) is 2. The Balaban J connectivity index is 1.45. The van der Waals surface area contributed by atoms with Crippen LogP contribution in [0, 0.1) is 18.6 Å². The molecule has 41 heavy (non-hydrogen) atoms. The largest absolute Gasteiger partial charge is 0.494 e. The van der Waals surface area contributed by atoms with E-state index in [2.05, 4.69) is 20.5 Å². The molecule has 2 N–H and O–H groups in total. The summed E-state index contributed by atoms with van der Waals surface area (Å²) in [5.74, 6) is -3.86. The molecule has 216 valence electrons. The molecule has 1 aliphatic rings. The highest BCUT2D eigenvalue weighted by atomic mass is 19.1. The van der Waals surface area contributed by atoms with Crippen LogP contribution in [0.3, 0.4) is 0 Å². The van der Waals surface area contributed by atoms with Crippen LogP contribution in [0.15, 0.2) is 40.9 Å². The third-order valence-corrected chi connectivity index (χ3v) is 7.48. The Bertz CT molecular complexity index is 1600. The van der Waals surface area contributed by atoms with E-state index in [4.69, 9.17) is 13.9 Å². The summed E-state index contributed by atoms with van der Waals surface area (Å²) in [6.45, 7) is 4.92. The van der Waals surface area contributed by atoms with Crippen molar-refractivity contribution < 1.29 is 31.9 Å². The maximum atomic E-state index is 15.1. The van der Waals surface area contributed by atoms with Crippen molar-refractivity contribution in [3.05, 3.63) is 65.1 Å². The van der Waals surface area contributed by atoms with Crippen molar-refractivity contribution in [3.8, 4) is 11.5 Å². The van der Waals surface area contributed by atoms with Crippen molar-refractivity contribution >= 4 is 39.6 Å². The molecule has 11 heteroatoms. The van der Waals surface area contributed by atoms with Crippen LogP contribution in [0.5, 0.6) is 11.5 Å². The summed E-state index contributed by atoms with van der Waals surface area (Å²) in [4.78, 5) is 20.0. The van der Waals surface area contributed by atoms with E-state index in [0.29, 0.717) is 37.1 Å². The lowest BCUT2D eigenvalue weighted by Crippen LogP contribution is -2.40. The van der Waals surface area contributed by atoms with Gasteiger partial charge in [-0.05, 0) is 56.5 Å². The van der Waals surface area contributed by atoms with Crippen molar-refractivity contribution in [1.29, 1.82) is 0 Å². The van der Waals surface area contributed by atoms with Gasteiger partial charge in [-0.25, -0.2) is 18.2 Å². The van der Waals surface area contributed by atoms with Gasteiger partial charge in [0, 0.05) is 43.0 Å². The number of aromatic nitrogens is 1. The number of methoxy groups -OCH3 is 2. The molecule has 0 radical (unpaired) electrons. The highest BCUT2D eigenvalue weighted by Crippen LogP contribution is 2.38. The van der Waals surface area contributed by atoms with E-state index < -0.39 is 28.6 Å². The standard InChI is InChI=1S/C30H31F3N4O4/c1-16-12-17(37-10-8-30(2,33)9-11-37)6-7-19(16)36-23-13-18-22(15-35-23)41-29(27(18)34-3)28(38)24-25(31)20(39-4)14-21(40-5)26(24)32/h6-7,12-15,34H,8-11H2,1-5H3,(H,35,36). The zero-order chi connectivity index (χ0) is 29.5. The predicted octanol–water partition coefficient (Wildman–Crippen LogP) is 6.78. The molecule has 2 aromatic heterocycles. The van der Waals surface area contributed by atoms with Gasteiger partial charge >= 0.3 is 0 Å². The number of ketones is 1. The first-order valence-electron chi connectivity index (χ1n) is 13.1. The predicted molar refractivity (Wildman–Crippen MR) is 152 cm³/mol. The Morgan fingerprint density at radius 2 is 1.73 bits per heavy atom. The molecule has 0 amide bonds. The van der Waals surface area contributed by atoms with Crippen LogP contribution >= 0.6 is 0 Å². The van der Waals surface area contributed by atoms with Gasteiger partial charge in [0.15, 0.2) is 34.5 Å². The van der Waals surface area contributed by atoms with Crippen molar-refractivity contribution in [2.75, 3.05) is 49.9 Å². The average molecular weight is 569 g/mol. The number of alkyl halides is 1. The maximum absolute atomic E-state index is 15.1. The number of benzene rings is 2. The zero-order valence-corrected chi connectivity index (χ0v) is 23.5. The lowest BCUT2D eigenvalue weighted by molar-refractivity contribution is 0.100. The number of carbonyl (C=O) groups is 1. The summed E-state index contributed by atoms with van der Waals surface area (Å²) in [6.07, 6.45) is 2.41. The summed E-state index contributed by atoms with van der Waals surface area (Å²) in [7, 11) is 3.98. The summed E-state index contributed by atoms with van der Waals surface area (Å²) >= 11 is 0. The molecule has 4 aromatic rings. The summed E-state index contributed by atoms with van der Waals surface area (Å²) in [5.41, 5.74) is 1.31. The Morgan fingerprint density at radius 1 is 1.07 bits per heavy atom. The van der Waals surface area contributed by atoms with Gasteiger partial charge in [0.2, 0.25) is 5.78 Å². The lowest BCUT2D eigenvalue weighted by Gasteiger charge is -2.35. The Kier molecular flexibility index (Phi) is 7.46. The van der Waals surface area contributed by atoms with Gasteiger partial charge in [-0.2, -0.15) is 0 Å². The van der Waals surface area contributed by atoms with E-state index in [-0.39, 0.29) is 28.5 Å². The first-order valence-corrected chi connectivity index (χ1v) is 13.1. The minimum absolute atomic E-state index is 0.244. The SMILES string of the molecule is CNc1c(C(=O)c2c(F)c(OC)cc(OC)c2F)oc2cnc(Nc3ccc(N4CCC(C)(F)CC4)cc3C)cc12. The van der Waals surface area contributed by atoms with Crippen LogP contribution in [0.1, 0.15) is 41.4 Å². The van der Waals surface area contributed by atoms with E-state index in [1.165, 1.54) is 20.4 Å². The molecule has 2 aromatic carbocycles. The number of pyridine rings is 1. The van der Waals surface area contributed by atoms with Crippen LogP contribution in [0.2, 0.25) is 0 Å². The number of furan rings is 1. The molecule has 5 rings (SSSR count). The number of hydrogen-bond donors (Lipinski definition) is 2. The number of nitrogens with one attached hydrogen (secondary N) is 2. The second-order valence-electron chi connectivity index (χ2n) is 10.3. The van der Waals surface area contributed by atoms with Crippen molar-refractivity contribution in [2.24, 2.45) is 0 Å². The van der Waals surface area contributed by atoms with Gasteiger partial charge < -0.3 is 29.4 Å². The van der Waals surface area contributed by atoms with Crippen molar-refractivity contribution in [2.45, 2.75) is 32.4 Å². The number of ether oxygens (including phenoxy) is 2. The molecule has 0 spiro atoms. The number of fused-ring (bicyclic) bond motifs is 1. The lowest BCUT2D eigenvalue weighted by atomic mass is 9.95. The molecule has 0 saturated carbocycles. The summed E-state index contributed by atoms with van der Waals surface area (Å²) in [6, 6.07) is 8.67. The Labute approximate surface area is 235 Å². The van der Waals surface area contributed by atoms with Gasteiger partial charge in [-0.15, -0.1) is 0 Å². The molecule has 0 atom stereocenters. The van der Waals surface area contributed by atoms with E-state index >= 15 is 8.78 Å². The quantitative estimate of drug-likeness (QED) is 0.225. The molecule has 0 aliphatic carbocycles. The topological polar surface area (TPSA) is 88.9 Å². The molecule has 1 aliphatic heterocycles. The number of anilines is 4. The molecule has 0 bridgehead atoms. The monoisotopic (exact) mass is 568 g/mol. The summed E-state index contributed by atoms with van der Waals surface area (Å²) < 4.78 is 60.0. The number of halogens is 3. The molecule has 0 unspecified atom stereocenters. The Hall–Kier alpha value is -4.41. The maximum Gasteiger partial charge on any atom is 0.236 e. The number of hydrogen-bond acceptors (Lipinski definition) is 8. The fourth-order valence-electron chi connectivity index (χ4n) is 5.03. The molecule has 3 heterocycles. The minimum Gasteiger partial charge on any atom is -0.494 e. The number of rotatable bonds is 8. The molecular formula is C30H31F3N4O4. The smallest absolute Gasteiger partial charge is 0.236 e. The molecular weight excluding hydrogens is 537 g/mol. The highest BCUT2D eigenvalue weighted by molar-refractivity contribution is 6.15. The van der Waals surface area contributed by atoms with Gasteiger partial charge in [-0.3, -0.25) is 4.79 Å². The van der Waals surface area contributed by atoms with E-state index in [9.17, 15) is 9.18 Å². The summed E-state index contributed by atoms with van der Waals surface area (Å²) in [5, 5.41) is 6.67. The third-order valence-electron chi connectivity index (χ3n) is 7.48. The van der Waals surface area contributed by atoms with E-state index in [1.807, 2.05) is 25.1 Å². The fraction of sp³-hybridized carbons (Fsp3) is 0.333. The van der Waals surface area contributed by atoms with Crippen LogP contribution in [0.4, 0.5) is 36.1 Å². The van der Waals surface area contributed by atoms with E-state index in [1.54, 1.807) is 20.0 Å². The average Bonchev–Trinajstić information content (AvgIpc) is 3.32. The van der Waals surface area contributed by atoms with Gasteiger partial charge in [0.05, 0.1) is 26.1 Å². The van der Waals surface area contributed by atoms with Crippen LogP contribution < -0.4 is 25.0 Å². The zero-order valence-electron chi connectivity index (χ0n) is 23.5. The van der Waals surface area contributed by atoms with Crippen LogP contribution in [-0.4, -0.2) is 50.8 Å². The van der Waals surface area contributed by atoms with Gasteiger partial charge in [-0.1, -0.05) is 0 Å². The van der Waals surface area contributed by atoms with Crippen LogP contribution in [-0.2, 0) is 0 Å². The number of carbonyl (C=O) groups excluding carboxylic acids is 1. The van der Waals surface area contributed by atoms with Gasteiger partial charge in [0.25, 0.3) is 0 Å². The Morgan fingerprint density at radius 3 is 2.32 bits per heavy atom. The number of piperidine rings is 1. The van der Waals surface area contributed by atoms with Crippen molar-refractivity contribution in [3.63, 3.8) is 0 Å². The third kappa shape index (κ3) is 5.23. The van der Waals surface area contributed by atoms with Gasteiger partial charge in [0.1, 0.15) is 17.1 Å². The first-order chi connectivity index (χ1) is 19.6. The normalized spacial score (nSPS) is 14.7. The van der Waals surface area contributed by atoms with E-state index in [0.717, 1.165) is 23.0 Å². The minimum atomic E-state index is -1.17. The highest BCUT2D eigenvalue weighted by Gasteiger charge is 2.32. The second kappa shape index (κ2) is 10.9. The first kappa shape index (κ1) is 28.1. The molecule has 1 saturated heterocycles. The number of aryl methyl sites for hydroxylation is 1. The fourth-order valence-corrected chi connectivity index (χ4v) is 5.03. The molecule has 1 fully saturated rings. The van der Waals surface area contributed by atoms with Crippen molar-refractivity contribution in [1.82, 2.24) is 4.98 Å². The second-order valence-corrected chi connectivity index (χ2v) is 10.3. The molecule has 8 nitrogen and oxygen atoms in total.